The Morgan fingerprint density at radius 1 is 0.541 bits per heavy atom. The molecule has 1 aliphatic rings. The summed E-state index contributed by atoms with van der Waals surface area (Å²) in [6, 6.07) is 2.74. The molecule has 0 aliphatic heterocycles. The van der Waals surface area contributed by atoms with Gasteiger partial charge in [0.05, 0.1) is 0 Å². The van der Waals surface area contributed by atoms with Crippen LogP contribution in [-0.4, -0.2) is 26.2 Å². The second kappa shape index (κ2) is 9.09. The zero-order chi connectivity index (χ0) is 27.9. The fraction of sp³-hybridized carbons (Fsp3) is 0.200. The van der Waals surface area contributed by atoms with Gasteiger partial charge in [0.2, 0.25) is 0 Å². The first-order valence-corrected chi connectivity index (χ1v) is 20.7. The summed E-state index contributed by atoms with van der Waals surface area (Å²) in [6.07, 6.45) is 0. The summed E-state index contributed by atoms with van der Waals surface area (Å²) in [5.74, 6) is -24.1. The topological polar surface area (TPSA) is 0 Å². The summed E-state index contributed by atoms with van der Waals surface area (Å²) in [4.78, 5) is 5.19. The normalized spacial score (nSPS) is 15.6. The Hall–Kier alpha value is -2.44. The number of benzene rings is 3. The van der Waals surface area contributed by atoms with Gasteiger partial charge in [0.15, 0.2) is 0 Å². The number of hydrogen-bond acceptors (Lipinski definition) is 0. The van der Waals surface area contributed by atoms with Crippen LogP contribution >= 0.6 is 0 Å². The molecule has 4 rings (SSSR count). The van der Waals surface area contributed by atoms with E-state index in [1.54, 1.807) is 14.8 Å². The standard InChI is InChI=1S/C22H6BF10.3CH3.Sn/c1-5-8(11-15(26)19(30)22(33)20(31)16(11)27)9-6(3-2-4-7(9)12(5)23)10-13(24)17(28)21(32)18(29)14(10)25;;;;/h2,4,12H,1H3;3*1H3;. The Labute approximate surface area is 210 Å². The van der Waals surface area contributed by atoms with Crippen molar-refractivity contribution in [2.45, 2.75) is 27.6 Å². The number of allylic oxidation sites excluding steroid dienone is 1. The molecule has 3 aromatic carbocycles. The van der Waals surface area contributed by atoms with E-state index in [0.29, 0.717) is 0 Å². The Balaban J connectivity index is 2.29. The van der Waals surface area contributed by atoms with Crippen molar-refractivity contribution in [2.24, 2.45) is 0 Å². The van der Waals surface area contributed by atoms with E-state index in [2.05, 4.69) is 0 Å². The van der Waals surface area contributed by atoms with Gasteiger partial charge in [-0.15, -0.1) is 0 Å². The van der Waals surface area contributed by atoms with E-state index in [0.717, 1.165) is 0 Å². The van der Waals surface area contributed by atoms with Crippen molar-refractivity contribution < 1.29 is 43.9 Å². The first-order chi connectivity index (χ1) is 17.0. The minimum absolute atomic E-state index is 0.0466. The Morgan fingerprint density at radius 3 is 1.32 bits per heavy atom. The molecule has 0 nitrogen and oxygen atoms in total. The molecule has 0 aromatic heterocycles. The van der Waals surface area contributed by atoms with Crippen LogP contribution in [0.5, 0.6) is 0 Å². The first-order valence-electron chi connectivity index (χ1n) is 10.7. The monoisotopic (exact) mass is 636 g/mol. The van der Waals surface area contributed by atoms with Crippen molar-refractivity contribution in [2.75, 3.05) is 0 Å². The Kier molecular flexibility index (Phi) is 6.78. The van der Waals surface area contributed by atoms with Crippen molar-refractivity contribution in [3.8, 4) is 11.1 Å². The molecule has 1 unspecified atom stereocenters. The van der Waals surface area contributed by atoms with Gasteiger partial charge in [0.25, 0.3) is 0 Å². The van der Waals surface area contributed by atoms with Crippen LogP contribution in [0.1, 0.15) is 29.4 Å². The van der Waals surface area contributed by atoms with Crippen LogP contribution in [0.15, 0.2) is 17.7 Å². The maximum absolute atomic E-state index is 15.1. The van der Waals surface area contributed by atoms with E-state index >= 15 is 8.78 Å². The molecule has 0 bridgehead atoms. The zero-order valence-electron chi connectivity index (χ0n) is 19.6. The number of fused-ring (bicyclic) bond motifs is 1. The molecule has 0 spiro atoms. The second-order valence-corrected chi connectivity index (χ2v) is 24.0. The van der Waals surface area contributed by atoms with Crippen molar-refractivity contribution in [3.63, 3.8) is 0 Å². The Morgan fingerprint density at radius 2 is 0.919 bits per heavy atom. The van der Waals surface area contributed by atoms with Gasteiger partial charge in [-0.05, 0) is 0 Å². The maximum atomic E-state index is 15.1. The van der Waals surface area contributed by atoms with E-state index in [1.807, 2.05) is 0 Å². The van der Waals surface area contributed by atoms with Crippen LogP contribution < -0.4 is 3.58 Å². The SMILES string of the molecule is [B]C1C(C)=C(c2c(F)c(F)c(F)c(F)c2F)c2c1cc[c]([Sn]([CH3])([CH3])[CH3])c2-c1c(F)c(F)c(F)c(F)c1F. The summed E-state index contributed by atoms with van der Waals surface area (Å²) in [6.45, 7) is 1.21. The van der Waals surface area contributed by atoms with Gasteiger partial charge >= 0.3 is 211 Å². The van der Waals surface area contributed by atoms with Crippen molar-refractivity contribution in [3.05, 3.63) is 92.6 Å². The number of rotatable bonds is 3. The molecule has 0 heterocycles. The third kappa shape index (κ3) is 3.90. The summed E-state index contributed by atoms with van der Waals surface area (Å²) >= 11 is -3.62. The zero-order valence-corrected chi connectivity index (χ0v) is 22.4. The van der Waals surface area contributed by atoms with E-state index in [9.17, 15) is 35.1 Å². The molecule has 2 radical (unpaired) electrons. The fourth-order valence-electron chi connectivity index (χ4n) is 4.59. The average Bonchev–Trinajstić information content (AvgIpc) is 3.09. The molecule has 0 amide bonds. The van der Waals surface area contributed by atoms with Gasteiger partial charge in [-0.1, -0.05) is 0 Å². The molecular formula is C25H15BF10Sn. The molecule has 0 fully saturated rings. The van der Waals surface area contributed by atoms with Gasteiger partial charge in [0.1, 0.15) is 0 Å². The summed E-state index contributed by atoms with van der Waals surface area (Å²) in [5, 5.41) is 0. The van der Waals surface area contributed by atoms with Crippen LogP contribution in [0.2, 0.25) is 14.8 Å². The molecule has 37 heavy (non-hydrogen) atoms. The van der Waals surface area contributed by atoms with Gasteiger partial charge < -0.3 is 0 Å². The van der Waals surface area contributed by atoms with Crippen LogP contribution in [0.3, 0.4) is 0 Å². The van der Waals surface area contributed by atoms with Crippen LogP contribution in [0.4, 0.5) is 43.9 Å². The van der Waals surface area contributed by atoms with Crippen molar-refractivity contribution >= 4 is 35.4 Å². The van der Waals surface area contributed by atoms with E-state index < -0.39 is 110 Å². The molecule has 3 aromatic rings. The molecular weight excluding hydrogens is 620 g/mol. The summed E-state index contributed by atoms with van der Waals surface area (Å²) in [7, 11) is 6.15. The average molecular weight is 635 g/mol. The molecule has 1 atom stereocenters. The van der Waals surface area contributed by atoms with Gasteiger partial charge in [0, 0.05) is 0 Å². The van der Waals surface area contributed by atoms with Gasteiger partial charge in [-0.2, -0.15) is 0 Å². The summed E-state index contributed by atoms with van der Waals surface area (Å²) < 4.78 is 145. The van der Waals surface area contributed by atoms with Crippen molar-refractivity contribution in [1.29, 1.82) is 0 Å². The summed E-state index contributed by atoms with van der Waals surface area (Å²) in [5.41, 5.74) is -4.70. The molecule has 0 saturated carbocycles. The fourth-order valence-corrected chi connectivity index (χ4v) is 9.11. The molecule has 0 saturated heterocycles. The van der Waals surface area contributed by atoms with E-state index in [4.69, 9.17) is 7.85 Å². The van der Waals surface area contributed by atoms with E-state index in [1.165, 1.54) is 19.1 Å². The number of hydrogen-bond donors (Lipinski definition) is 0. The second-order valence-electron chi connectivity index (χ2n) is 9.63. The van der Waals surface area contributed by atoms with Crippen LogP contribution in [-0.2, 0) is 0 Å². The Bertz CT molecular complexity index is 1480. The van der Waals surface area contributed by atoms with Crippen molar-refractivity contribution in [1.82, 2.24) is 0 Å². The molecule has 192 valence electrons. The van der Waals surface area contributed by atoms with Gasteiger partial charge in [-0.3, -0.25) is 0 Å². The van der Waals surface area contributed by atoms with Crippen LogP contribution in [0, 0.1) is 58.2 Å². The molecule has 1 aliphatic carbocycles. The molecule has 12 heteroatoms. The minimum atomic E-state index is -3.62. The first kappa shape index (κ1) is 27.6. The third-order valence-corrected chi connectivity index (χ3v) is 12.2. The van der Waals surface area contributed by atoms with Gasteiger partial charge in [-0.25, -0.2) is 0 Å². The predicted molar refractivity (Wildman–Crippen MR) is 121 cm³/mol. The van der Waals surface area contributed by atoms with Crippen LogP contribution in [0.25, 0.3) is 16.7 Å². The van der Waals surface area contributed by atoms with E-state index in [-0.39, 0.29) is 14.7 Å². The predicted octanol–water partition coefficient (Wildman–Crippen LogP) is 7.33. The number of halogens is 10. The quantitative estimate of drug-likeness (QED) is 0.123. The third-order valence-electron chi connectivity index (χ3n) is 6.41. The molecule has 0 N–H and O–H groups in total.